The number of hydrogen-bond acceptors (Lipinski definition) is 5. The van der Waals surface area contributed by atoms with Crippen LogP contribution in [0.25, 0.3) is 11.2 Å². The van der Waals surface area contributed by atoms with Gasteiger partial charge in [-0.25, -0.2) is 4.79 Å². The molecule has 3 aromatic rings. The van der Waals surface area contributed by atoms with Crippen LogP contribution < -0.4 is 16.6 Å². The molecule has 3 heterocycles. The lowest BCUT2D eigenvalue weighted by Crippen LogP contribution is -2.37. The van der Waals surface area contributed by atoms with Crippen LogP contribution in [0.1, 0.15) is 24.0 Å². The Hall–Kier alpha value is -2.87. The summed E-state index contributed by atoms with van der Waals surface area (Å²) in [6.45, 7) is 3.92. The van der Waals surface area contributed by atoms with Gasteiger partial charge in [-0.05, 0) is 25.3 Å². The van der Waals surface area contributed by atoms with Crippen molar-refractivity contribution >= 4 is 17.1 Å². The summed E-state index contributed by atoms with van der Waals surface area (Å²) in [5, 5.41) is 3.34. The summed E-state index contributed by atoms with van der Waals surface area (Å²) in [6.07, 6.45) is 2.20. The second kappa shape index (κ2) is 7.27. The molecule has 2 aromatic heterocycles. The maximum atomic E-state index is 12.9. The van der Waals surface area contributed by atoms with Gasteiger partial charge in [0.2, 0.25) is 5.95 Å². The lowest BCUT2D eigenvalue weighted by molar-refractivity contribution is 0.120. The Morgan fingerprint density at radius 1 is 1.25 bits per heavy atom. The summed E-state index contributed by atoms with van der Waals surface area (Å²) >= 11 is 0. The molecule has 1 aliphatic heterocycles. The van der Waals surface area contributed by atoms with Gasteiger partial charge in [-0.15, -0.1) is 0 Å². The van der Waals surface area contributed by atoms with Gasteiger partial charge in [0.15, 0.2) is 11.2 Å². The van der Waals surface area contributed by atoms with Crippen LogP contribution in [0.5, 0.6) is 0 Å². The first-order valence-corrected chi connectivity index (χ1v) is 9.53. The maximum Gasteiger partial charge on any atom is 0.332 e. The van der Waals surface area contributed by atoms with Crippen LogP contribution in [0.4, 0.5) is 5.95 Å². The second-order valence-corrected chi connectivity index (χ2v) is 7.40. The van der Waals surface area contributed by atoms with Gasteiger partial charge in [0.1, 0.15) is 0 Å². The minimum Gasteiger partial charge on any atom is -0.376 e. The van der Waals surface area contributed by atoms with E-state index in [0.29, 0.717) is 30.2 Å². The Bertz CT molecular complexity index is 1140. The monoisotopic (exact) mass is 383 g/mol. The highest BCUT2D eigenvalue weighted by atomic mass is 16.5. The normalized spacial score (nSPS) is 16.8. The van der Waals surface area contributed by atoms with Crippen LogP contribution in [0.15, 0.2) is 33.9 Å². The van der Waals surface area contributed by atoms with Crippen molar-refractivity contribution < 1.29 is 4.74 Å². The molecule has 1 aliphatic rings. The number of nitrogens with one attached hydrogen (secondary N) is 1. The lowest BCUT2D eigenvalue weighted by Gasteiger charge is -2.14. The van der Waals surface area contributed by atoms with E-state index < -0.39 is 0 Å². The number of nitrogens with zero attached hydrogens (tertiary/aromatic N) is 4. The van der Waals surface area contributed by atoms with E-state index in [-0.39, 0.29) is 17.4 Å². The molecule has 148 valence electrons. The van der Waals surface area contributed by atoms with Gasteiger partial charge in [-0.3, -0.25) is 18.5 Å². The molecular weight excluding hydrogens is 358 g/mol. The third-order valence-electron chi connectivity index (χ3n) is 5.28. The van der Waals surface area contributed by atoms with Gasteiger partial charge < -0.3 is 10.1 Å². The molecule has 0 radical (unpaired) electrons. The van der Waals surface area contributed by atoms with Crippen LogP contribution in [-0.2, 0) is 25.4 Å². The van der Waals surface area contributed by atoms with E-state index in [1.807, 2.05) is 29.7 Å². The standard InChI is InChI=1S/C20H25N5O3/c1-13-6-4-7-14(10-13)12-25-16-17(23(2)20(27)24(3)18(16)26)22-19(25)21-11-15-8-5-9-28-15/h4,6-7,10,15H,5,8-9,11-12H2,1-3H3,(H,21,22). The highest BCUT2D eigenvalue weighted by molar-refractivity contribution is 5.74. The number of aryl methyl sites for hydroxylation is 2. The fourth-order valence-corrected chi connectivity index (χ4v) is 3.74. The van der Waals surface area contributed by atoms with E-state index in [0.717, 1.165) is 35.1 Å². The average molecular weight is 383 g/mol. The number of benzene rings is 1. The quantitative estimate of drug-likeness (QED) is 0.720. The molecule has 1 N–H and O–H groups in total. The van der Waals surface area contributed by atoms with Gasteiger partial charge in [-0.1, -0.05) is 29.8 Å². The number of imidazole rings is 1. The maximum absolute atomic E-state index is 12.9. The van der Waals surface area contributed by atoms with Crippen LogP contribution >= 0.6 is 0 Å². The smallest absolute Gasteiger partial charge is 0.332 e. The van der Waals surface area contributed by atoms with E-state index in [1.165, 1.54) is 11.6 Å². The fourth-order valence-electron chi connectivity index (χ4n) is 3.74. The van der Waals surface area contributed by atoms with Crippen molar-refractivity contribution in [1.82, 2.24) is 18.7 Å². The summed E-state index contributed by atoms with van der Waals surface area (Å²) in [5.74, 6) is 0.574. The first kappa shape index (κ1) is 18.5. The largest absolute Gasteiger partial charge is 0.376 e. The number of rotatable bonds is 5. The molecule has 1 unspecified atom stereocenters. The fraction of sp³-hybridized carbons (Fsp3) is 0.450. The zero-order valence-corrected chi connectivity index (χ0v) is 16.4. The molecule has 0 amide bonds. The molecule has 1 aromatic carbocycles. The zero-order chi connectivity index (χ0) is 19.8. The Labute approximate surface area is 162 Å². The van der Waals surface area contributed by atoms with Crippen LogP contribution in [-0.4, -0.2) is 37.9 Å². The highest BCUT2D eigenvalue weighted by Gasteiger charge is 2.21. The molecule has 0 bridgehead atoms. The van der Waals surface area contributed by atoms with Crippen LogP contribution in [0.2, 0.25) is 0 Å². The van der Waals surface area contributed by atoms with E-state index in [1.54, 1.807) is 7.05 Å². The Balaban J connectivity index is 1.83. The third-order valence-corrected chi connectivity index (χ3v) is 5.28. The van der Waals surface area contributed by atoms with Crippen molar-refractivity contribution in [3.05, 3.63) is 56.2 Å². The Kier molecular flexibility index (Phi) is 4.80. The van der Waals surface area contributed by atoms with Gasteiger partial charge in [0.05, 0.1) is 12.6 Å². The topological polar surface area (TPSA) is 83.1 Å². The minimum atomic E-state index is -0.386. The van der Waals surface area contributed by atoms with Gasteiger partial charge in [0.25, 0.3) is 5.56 Å². The van der Waals surface area contributed by atoms with Crippen LogP contribution in [0, 0.1) is 6.92 Å². The van der Waals surface area contributed by atoms with Crippen molar-refractivity contribution in [1.29, 1.82) is 0 Å². The number of anilines is 1. The minimum absolute atomic E-state index is 0.138. The molecule has 8 nitrogen and oxygen atoms in total. The van der Waals surface area contributed by atoms with Crippen LogP contribution in [0.3, 0.4) is 0 Å². The molecule has 28 heavy (non-hydrogen) atoms. The third kappa shape index (κ3) is 3.24. The zero-order valence-electron chi connectivity index (χ0n) is 16.4. The van der Waals surface area contributed by atoms with E-state index >= 15 is 0 Å². The molecule has 8 heteroatoms. The Morgan fingerprint density at radius 2 is 2.07 bits per heavy atom. The Morgan fingerprint density at radius 3 is 2.79 bits per heavy atom. The van der Waals surface area contributed by atoms with E-state index in [2.05, 4.69) is 16.4 Å². The predicted octanol–water partition coefficient (Wildman–Crippen LogP) is 1.38. The van der Waals surface area contributed by atoms with Crippen molar-refractivity contribution in [3.8, 4) is 0 Å². The SMILES string of the molecule is Cc1cccc(Cn2c(NCC3CCCO3)nc3c2c(=O)n(C)c(=O)n3C)c1. The summed E-state index contributed by atoms with van der Waals surface area (Å²) < 4.78 is 10.1. The molecule has 0 spiro atoms. The van der Waals surface area contributed by atoms with E-state index in [9.17, 15) is 9.59 Å². The van der Waals surface area contributed by atoms with Gasteiger partial charge >= 0.3 is 5.69 Å². The molecule has 4 rings (SSSR count). The van der Waals surface area contributed by atoms with E-state index in [4.69, 9.17) is 4.74 Å². The predicted molar refractivity (Wildman–Crippen MR) is 108 cm³/mol. The van der Waals surface area contributed by atoms with Crippen molar-refractivity contribution in [2.75, 3.05) is 18.5 Å². The number of ether oxygens (including phenoxy) is 1. The van der Waals surface area contributed by atoms with Gasteiger partial charge in [0, 0.05) is 27.2 Å². The number of fused-ring (bicyclic) bond motifs is 1. The molecule has 0 aliphatic carbocycles. The number of aromatic nitrogens is 4. The molecule has 1 fully saturated rings. The first-order valence-electron chi connectivity index (χ1n) is 9.53. The molecule has 0 saturated carbocycles. The van der Waals surface area contributed by atoms with Crippen molar-refractivity contribution in [2.24, 2.45) is 14.1 Å². The average Bonchev–Trinajstić information content (AvgIpc) is 3.31. The van der Waals surface area contributed by atoms with Crippen molar-refractivity contribution in [3.63, 3.8) is 0 Å². The highest BCUT2D eigenvalue weighted by Crippen LogP contribution is 2.20. The first-order chi connectivity index (χ1) is 13.5. The molecule has 1 atom stereocenters. The summed E-state index contributed by atoms with van der Waals surface area (Å²) in [7, 11) is 3.13. The second-order valence-electron chi connectivity index (χ2n) is 7.40. The van der Waals surface area contributed by atoms with Crippen molar-refractivity contribution in [2.45, 2.75) is 32.4 Å². The molecule has 1 saturated heterocycles. The van der Waals surface area contributed by atoms with Gasteiger partial charge in [-0.2, -0.15) is 4.98 Å². The lowest BCUT2D eigenvalue weighted by atomic mass is 10.1. The number of hydrogen-bond donors (Lipinski definition) is 1. The summed E-state index contributed by atoms with van der Waals surface area (Å²) in [5.41, 5.74) is 2.29. The molecular formula is C20H25N5O3. The summed E-state index contributed by atoms with van der Waals surface area (Å²) in [6, 6.07) is 8.14. The summed E-state index contributed by atoms with van der Waals surface area (Å²) in [4.78, 5) is 29.8.